The molecule has 0 atom stereocenters. The number of hydrogen-bond donors (Lipinski definition) is 1. The number of halogens is 2. The summed E-state index contributed by atoms with van der Waals surface area (Å²) in [5.41, 5.74) is 3.06. The van der Waals surface area contributed by atoms with Crippen LogP contribution in [0.5, 0.6) is 0 Å². The van der Waals surface area contributed by atoms with Gasteiger partial charge in [0.25, 0.3) is 0 Å². The van der Waals surface area contributed by atoms with Crippen LogP contribution in [-0.2, 0) is 12.8 Å². The van der Waals surface area contributed by atoms with Crippen LogP contribution < -0.4 is 5.06 Å². The van der Waals surface area contributed by atoms with Crippen LogP contribution in [0.4, 0.5) is 14.5 Å². The van der Waals surface area contributed by atoms with Gasteiger partial charge >= 0.3 is 0 Å². The van der Waals surface area contributed by atoms with Crippen molar-refractivity contribution >= 4 is 5.69 Å². The number of alkyl halides is 2. The highest BCUT2D eigenvalue weighted by Crippen LogP contribution is 2.27. The van der Waals surface area contributed by atoms with Gasteiger partial charge < -0.3 is 0 Å². The van der Waals surface area contributed by atoms with Crippen molar-refractivity contribution in [2.75, 3.05) is 11.6 Å². The number of rotatable bonds is 4. The van der Waals surface area contributed by atoms with Gasteiger partial charge in [-0.05, 0) is 42.9 Å². The zero-order valence-electron chi connectivity index (χ0n) is 9.70. The van der Waals surface area contributed by atoms with Crippen molar-refractivity contribution in [1.29, 1.82) is 0 Å². The summed E-state index contributed by atoms with van der Waals surface area (Å²) in [6, 6.07) is 5.83. The fourth-order valence-corrected chi connectivity index (χ4v) is 2.25. The summed E-state index contributed by atoms with van der Waals surface area (Å²) >= 11 is 0. The number of fused-ring (bicyclic) bond motifs is 1. The van der Waals surface area contributed by atoms with Crippen molar-refractivity contribution in [3.63, 3.8) is 0 Å². The van der Waals surface area contributed by atoms with Gasteiger partial charge in [-0.25, -0.2) is 8.78 Å². The van der Waals surface area contributed by atoms with E-state index in [0.29, 0.717) is 19.4 Å². The predicted molar refractivity (Wildman–Crippen MR) is 62.8 cm³/mol. The van der Waals surface area contributed by atoms with Crippen LogP contribution in [-0.4, -0.2) is 18.2 Å². The molecule has 4 heteroatoms. The Labute approximate surface area is 99.8 Å². The Bertz CT molecular complexity index is 382. The molecule has 0 radical (unpaired) electrons. The molecule has 1 aromatic rings. The molecule has 0 amide bonds. The number of benzene rings is 1. The number of aryl methyl sites for hydroxylation is 2. The second-order valence-electron chi connectivity index (χ2n) is 4.47. The van der Waals surface area contributed by atoms with Crippen LogP contribution in [0, 0.1) is 0 Å². The highest BCUT2D eigenvalue weighted by Gasteiger charge is 2.15. The molecular formula is C13H17F2NO. The standard InChI is InChI=1S/C13H17F2NO/c14-13(15)5-1-3-10-6-7-12-11(9-10)4-2-8-16(12)17/h6-7,9,13,17H,1-5,8H2. The van der Waals surface area contributed by atoms with Crippen molar-refractivity contribution in [1.82, 2.24) is 0 Å². The van der Waals surface area contributed by atoms with Crippen molar-refractivity contribution in [2.24, 2.45) is 0 Å². The smallest absolute Gasteiger partial charge is 0.238 e. The maximum absolute atomic E-state index is 12.0. The summed E-state index contributed by atoms with van der Waals surface area (Å²) in [5, 5.41) is 10.9. The lowest BCUT2D eigenvalue weighted by molar-refractivity contribution is 0.135. The van der Waals surface area contributed by atoms with Gasteiger partial charge in [0.05, 0.1) is 5.69 Å². The van der Waals surface area contributed by atoms with Crippen molar-refractivity contribution in [3.05, 3.63) is 29.3 Å². The number of hydroxylamine groups is 1. The van der Waals surface area contributed by atoms with E-state index in [1.807, 2.05) is 18.2 Å². The molecule has 2 rings (SSSR count). The SMILES string of the molecule is ON1CCCc2cc(CCCC(F)F)ccc21. The van der Waals surface area contributed by atoms with Crippen LogP contribution in [0.15, 0.2) is 18.2 Å². The summed E-state index contributed by atoms with van der Waals surface area (Å²) in [4.78, 5) is 0. The summed E-state index contributed by atoms with van der Waals surface area (Å²) in [7, 11) is 0. The Morgan fingerprint density at radius 1 is 1.35 bits per heavy atom. The minimum atomic E-state index is -2.21. The van der Waals surface area contributed by atoms with Crippen LogP contribution >= 0.6 is 0 Å². The average molecular weight is 241 g/mol. The molecule has 0 fully saturated rings. The topological polar surface area (TPSA) is 23.5 Å². The van der Waals surface area contributed by atoms with Crippen molar-refractivity contribution in [2.45, 2.75) is 38.5 Å². The summed E-state index contributed by atoms with van der Waals surface area (Å²) in [5.74, 6) is 0. The van der Waals surface area contributed by atoms with E-state index in [4.69, 9.17) is 0 Å². The Balaban J connectivity index is 2.01. The van der Waals surface area contributed by atoms with Gasteiger partial charge in [0, 0.05) is 13.0 Å². The molecule has 0 bridgehead atoms. The molecule has 0 aliphatic carbocycles. The molecule has 1 N–H and O–H groups in total. The van der Waals surface area contributed by atoms with Gasteiger partial charge in [-0.3, -0.25) is 10.3 Å². The second kappa shape index (κ2) is 5.45. The maximum Gasteiger partial charge on any atom is 0.238 e. The Morgan fingerprint density at radius 3 is 2.94 bits per heavy atom. The fraction of sp³-hybridized carbons (Fsp3) is 0.538. The summed E-state index contributed by atoms with van der Waals surface area (Å²) < 4.78 is 24.0. The summed E-state index contributed by atoms with van der Waals surface area (Å²) in [6.45, 7) is 0.664. The monoisotopic (exact) mass is 241 g/mol. The molecule has 1 aliphatic heterocycles. The van der Waals surface area contributed by atoms with Crippen LogP contribution in [0.1, 0.15) is 30.4 Å². The lowest BCUT2D eigenvalue weighted by Crippen LogP contribution is -2.25. The van der Waals surface area contributed by atoms with Crippen LogP contribution in [0.2, 0.25) is 0 Å². The average Bonchev–Trinajstić information content (AvgIpc) is 2.29. The molecule has 1 heterocycles. The lowest BCUT2D eigenvalue weighted by Gasteiger charge is -2.25. The number of hydrogen-bond acceptors (Lipinski definition) is 2. The first-order valence-electron chi connectivity index (χ1n) is 6.03. The van der Waals surface area contributed by atoms with Gasteiger partial charge in [-0.1, -0.05) is 12.1 Å². The highest BCUT2D eigenvalue weighted by atomic mass is 19.3. The van der Waals surface area contributed by atoms with E-state index in [2.05, 4.69) is 0 Å². The molecule has 17 heavy (non-hydrogen) atoms. The van der Waals surface area contributed by atoms with Crippen LogP contribution in [0.3, 0.4) is 0 Å². The minimum absolute atomic E-state index is 0.0385. The minimum Gasteiger partial charge on any atom is -0.288 e. The molecule has 0 aromatic heterocycles. The molecular weight excluding hydrogens is 224 g/mol. The first-order valence-corrected chi connectivity index (χ1v) is 6.03. The van der Waals surface area contributed by atoms with E-state index in [1.54, 1.807) is 0 Å². The normalized spacial score (nSPS) is 15.2. The Hall–Kier alpha value is -1.16. The van der Waals surface area contributed by atoms with E-state index in [1.165, 1.54) is 5.06 Å². The third-order valence-corrected chi connectivity index (χ3v) is 3.13. The third kappa shape index (κ3) is 3.16. The Kier molecular flexibility index (Phi) is 3.94. The zero-order chi connectivity index (χ0) is 12.3. The zero-order valence-corrected chi connectivity index (χ0v) is 9.70. The third-order valence-electron chi connectivity index (χ3n) is 3.13. The number of anilines is 1. The molecule has 0 saturated carbocycles. The van der Waals surface area contributed by atoms with Gasteiger partial charge in [-0.2, -0.15) is 0 Å². The fourth-order valence-electron chi connectivity index (χ4n) is 2.25. The molecule has 0 unspecified atom stereocenters. The molecule has 1 aliphatic rings. The number of nitrogens with zero attached hydrogens (tertiary/aromatic N) is 1. The quantitative estimate of drug-likeness (QED) is 0.873. The maximum atomic E-state index is 12.0. The van der Waals surface area contributed by atoms with E-state index in [0.717, 1.165) is 29.7 Å². The van der Waals surface area contributed by atoms with E-state index in [9.17, 15) is 14.0 Å². The van der Waals surface area contributed by atoms with Crippen molar-refractivity contribution < 1.29 is 14.0 Å². The largest absolute Gasteiger partial charge is 0.288 e. The van der Waals surface area contributed by atoms with Gasteiger partial charge in [0.1, 0.15) is 0 Å². The predicted octanol–water partition coefficient (Wildman–Crippen LogP) is 3.42. The van der Waals surface area contributed by atoms with Crippen LogP contribution in [0.25, 0.3) is 0 Å². The first-order chi connectivity index (χ1) is 8.16. The van der Waals surface area contributed by atoms with E-state index >= 15 is 0 Å². The van der Waals surface area contributed by atoms with E-state index in [-0.39, 0.29) is 6.42 Å². The molecule has 0 spiro atoms. The lowest BCUT2D eigenvalue weighted by atomic mass is 9.98. The molecule has 94 valence electrons. The highest BCUT2D eigenvalue weighted by molar-refractivity contribution is 5.54. The summed E-state index contributed by atoms with van der Waals surface area (Å²) in [6.07, 6.45) is 0.838. The van der Waals surface area contributed by atoms with Crippen molar-refractivity contribution in [3.8, 4) is 0 Å². The van der Waals surface area contributed by atoms with Gasteiger partial charge in [0.15, 0.2) is 0 Å². The van der Waals surface area contributed by atoms with Gasteiger partial charge in [0.2, 0.25) is 6.43 Å². The first kappa shape index (κ1) is 12.3. The van der Waals surface area contributed by atoms with Gasteiger partial charge in [-0.15, -0.1) is 0 Å². The van der Waals surface area contributed by atoms with E-state index < -0.39 is 6.43 Å². The molecule has 0 saturated heterocycles. The molecule has 1 aromatic carbocycles. The Morgan fingerprint density at radius 2 is 2.18 bits per heavy atom. The molecule has 2 nitrogen and oxygen atoms in total. The second-order valence-corrected chi connectivity index (χ2v) is 4.47.